The van der Waals surface area contributed by atoms with Crippen LogP contribution in [-0.4, -0.2) is 28.6 Å². The van der Waals surface area contributed by atoms with Crippen LogP contribution in [-0.2, 0) is 11.1 Å². The van der Waals surface area contributed by atoms with Crippen molar-refractivity contribution in [3.63, 3.8) is 0 Å². The molecule has 1 saturated carbocycles. The minimum Gasteiger partial charge on any atom is -0.490 e. The SMILES string of the molecule is CC(C)(C)C1CCC(Oc2ccc3cc(CNCCCP(=O)(O)O)ccc3c2)CC1. The van der Waals surface area contributed by atoms with Crippen LogP contribution >= 0.6 is 7.60 Å². The zero-order chi connectivity index (χ0) is 21.8. The van der Waals surface area contributed by atoms with Crippen molar-refractivity contribution < 1.29 is 19.1 Å². The van der Waals surface area contributed by atoms with E-state index in [0.29, 0.717) is 31.0 Å². The van der Waals surface area contributed by atoms with Crippen LogP contribution < -0.4 is 10.1 Å². The molecule has 5 nitrogen and oxygen atoms in total. The fourth-order valence-corrected chi connectivity index (χ4v) is 4.91. The van der Waals surface area contributed by atoms with E-state index in [0.717, 1.165) is 30.1 Å². The summed E-state index contributed by atoms with van der Waals surface area (Å²) in [5.41, 5.74) is 1.55. The lowest BCUT2D eigenvalue weighted by Crippen LogP contribution is -2.30. The van der Waals surface area contributed by atoms with Crippen LogP contribution in [0.15, 0.2) is 36.4 Å². The summed E-state index contributed by atoms with van der Waals surface area (Å²) in [4.78, 5) is 17.8. The zero-order valence-electron chi connectivity index (χ0n) is 18.4. The Labute approximate surface area is 180 Å². The van der Waals surface area contributed by atoms with E-state index in [4.69, 9.17) is 14.5 Å². The second-order valence-electron chi connectivity index (χ2n) is 9.72. The lowest BCUT2D eigenvalue weighted by atomic mass is 9.72. The maximum atomic E-state index is 10.9. The van der Waals surface area contributed by atoms with Gasteiger partial charge in [0.15, 0.2) is 0 Å². The van der Waals surface area contributed by atoms with Crippen LogP contribution in [0.2, 0.25) is 0 Å². The monoisotopic (exact) mass is 433 g/mol. The number of nitrogens with one attached hydrogen (secondary N) is 1. The smallest absolute Gasteiger partial charge is 0.325 e. The number of hydrogen-bond acceptors (Lipinski definition) is 3. The number of ether oxygens (including phenoxy) is 1. The third-order valence-corrected chi connectivity index (χ3v) is 7.11. The molecule has 0 aromatic heterocycles. The second-order valence-corrected chi connectivity index (χ2v) is 11.5. The van der Waals surface area contributed by atoms with Crippen LogP contribution in [0.25, 0.3) is 10.8 Å². The highest BCUT2D eigenvalue weighted by molar-refractivity contribution is 7.51. The molecule has 0 bridgehead atoms. The van der Waals surface area contributed by atoms with Crippen LogP contribution in [0.5, 0.6) is 5.75 Å². The van der Waals surface area contributed by atoms with Crippen molar-refractivity contribution in [3.05, 3.63) is 42.0 Å². The largest absolute Gasteiger partial charge is 0.490 e. The quantitative estimate of drug-likeness (QED) is 0.379. The van der Waals surface area contributed by atoms with Crippen molar-refractivity contribution in [2.75, 3.05) is 12.7 Å². The predicted octanol–water partition coefficient (Wildman–Crippen LogP) is 5.48. The Kier molecular flexibility index (Phi) is 7.62. The number of hydrogen-bond donors (Lipinski definition) is 3. The number of benzene rings is 2. The molecular formula is C24H36NO4P. The Morgan fingerprint density at radius 2 is 1.70 bits per heavy atom. The summed E-state index contributed by atoms with van der Waals surface area (Å²) in [6.45, 7) is 8.30. The topological polar surface area (TPSA) is 78.8 Å². The first kappa shape index (κ1) is 23.3. The minimum atomic E-state index is -3.89. The van der Waals surface area contributed by atoms with Crippen LogP contribution in [0, 0.1) is 11.3 Å². The lowest BCUT2D eigenvalue weighted by Gasteiger charge is -2.37. The highest BCUT2D eigenvalue weighted by atomic mass is 31.2. The summed E-state index contributed by atoms with van der Waals surface area (Å²) in [5.74, 6) is 1.74. The van der Waals surface area contributed by atoms with E-state index >= 15 is 0 Å². The van der Waals surface area contributed by atoms with Crippen LogP contribution in [0.1, 0.15) is 58.4 Å². The van der Waals surface area contributed by atoms with Gasteiger partial charge in [0.25, 0.3) is 0 Å². The number of fused-ring (bicyclic) bond motifs is 1. The molecule has 0 spiro atoms. The van der Waals surface area contributed by atoms with Gasteiger partial charge in [0.05, 0.1) is 12.3 Å². The van der Waals surface area contributed by atoms with Crippen molar-refractivity contribution in [1.82, 2.24) is 5.32 Å². The molecule has 2 aromatic carbocycles. The first-order valence-electron chi connectivity index (χ1n) is 11.0. The molecule has 0 atom stereocenters. The van der Waals surface area contributed by atoms with Crippen LogP contribution in [0.3, 0.4) is 0 Å². The van der Waals surface area contributed by atoms with E-state index in [1.807, 2.05) is 0 Å². The van der Waals surface area contributed by atoms with E-state index in [1.54, 1.807) is 0 Å². The minimum absolute atomic E-state index is 0.0711. The van der Waals surface area contributed by atoms with Gasteiger partial charge in [0.2, 0.25) is 0 Å². The van der Waals surface area contributed by atoms with Gasteiger partial charge in [-0.2, -0.15) is 0 Å². The van der Waals surface area contributed by atoms with E-state index in [9.17, 15) is 4.57 Å². The summed E-state index contributed by atoms with van der Waals surface area (Å²) in [6.07, 6.45) is 5.46. The standard InChI is InChI=1S/C24H36NO4P/c1-24(2,3)21-8-11-22(12-9-21)29-23-10-7-19-15-18(5-6-20(19)16-23)17-25-13-4-14-30(26,27)28/h5-7,10,15-16,21-22,25H,4,8-9,11-14,17H2,1-3H3,(H2,26,27,28). The average molecular weight is 434 g/mol. The molecule has 3 N–H and O–H groups in total. The molecule has 1 fully saturated rings. The van der Waals surface area contributed by atoms with Crippen molar-refractivity contribution >= 4 is 18.4 Å². The Morgan fingerprint density at radius 3 is 2.37 bits per heavy atom. The molecule has 2 aromatic rings. The van der Waals surface area contributed by atoms with Gasteiger partial charge in [0, 0.05) is 6.54 Å². The Hall–Kier alpha value is -1.39. The molecular weight excluding hydrogens is 397 g/mol. The van der Waals surface area contributed by atoms with Gasteiger partial charge in [-0.1, -0.05) is 39.0 Å². The van der Waals surface area contributed by atoms with E-state index in [1.165, 1.54) is 23.6 Å². The molecule has 0 aliphatic heterocycles. The third kappa shape index (κ3) is 7.09. The molecule has 3 rings (SSSR count). The Morgan fingerprint density at radius 1 is 1.03 bits per heavy atom. The molecule has 0 saturated heterocycles. The Bertz CT molecular complexity index is 878. The summed E-state index contributed by atoms with van der Waals surface area (Å²) in [7, 11) is -3.89. The van der Waals surface area contributed by atoms with Crippen molar-refractivity contribution in [1.29, 1.82) is 0 Å². The maximum Gasteiger partial charge on any atom is 0.325 e. The molecule has 6 heteroatoms. The first-order chi connectivity index (χ1) is 14.1. The summed E-state index contributed by atoms with van der Waals surface area (Å²) in [5, 5.41) is 5.59. The van der Waals surface area contributed by atoms with Gasteiger partial charge >= 0.3 is 7.60 Å². The predicted molar refractivity (Wildman–Crippen MR) is 123 cm³/mol. The van der Waals surface area contributed by atoms with Crippen molar-refractivity contribution in [2.24, 2.45) is 11.3 Å². The van der Waals surface area contributed by atoms with E-state index < -0.39 is 7.60 Å². The molecule has 0 amide bonds. The third-order valence-electron chi connectivity index (χ3n) is 6.21. The summed E-state index contributed by atoms with van der Waals surface area (Å²) < 4.78 is 17.2. The first-order valence-corrected chi connectivity index (χ1v) is 12.8. The normalized spacial score (nSPS) is 20.4. The van der Waals surface area contributed by atoms with Gasteiger partial charge in [-0.15, -0.1) is 0 Å². The molecule has 1 aliphatic rings. The second kappa shape index (κ2) is 9.82. The molecule has 30 heavy (non-hydrogen) atoms. The maximum absolute atomic E-state index is 10.9. The summed E-state index contributed by atoms with van der Waals surface area (Å²) in [6, 6.07) is 12.7. The van der Waals surface area contributed by atoms with Gasteiger partial charge in [-0.25, -0.2) is 0 Å². The fraction of sp³-hybridized carbons (Fsp3) is 0.583. The molecule has 0 unspecified atom stereocenters. The van der Waals surface area contributed by atoms with Gasteiger partial charge < -0.3 is 19.8 Å². The van der Waals surface area contributed by atoms with Gasteiger partial charge in [0.1, 0.15) is 5.75 Å². The number of rotatable bonds is 8. The van der Waals surface area contributed by atoms with E-state index in [-0.39, 0.29) is 6.16 Å². The average Bonchev–Trinajstić information content (AvgIpc) is 2.66. The van der Waals surface area contributed by atoms with Gasteiger partial charge in [-0.05, 0) is 84.5 Å². The highest BCUT2D eigenvalue weighted by Gasteiger charge is 2.30. The van der Waals surface area contributed by atoms with Crippen molar-refractivity contribution in [2.45, 2.75) is 65.5 Å². The van der Waals surface area contributed by atoms with Crippen LogP contribution in [0.4, 0.5) is 0 Å². The van der Waals surface area contributed by atoms with Crippen molar-refractivity contribution in [3.8, 4) is 5.75 Å². The van der Waals surface area contributed by atoms with E-state index in [2.05, 4.69) is 62.5 Å². The molecule has 166 valence electrons. The Balaban J connectivity index is 1.51. The molecule has 0 heterocycles. The summed E-state index contributed by atoms with van der Waals surface area (Å²) >= 11 is 0. The zero-order valence-corrected chi connectivity index (χ0v) is 19.3. The highest BCUT2D eigenvalue weighted by Crippen LogP contribution is 2.39. The molecule has 1 aliphatic carbocycles. The molecule has 0 radical (unpaired) electrons. The van der Waals surface area contributed by atoms with Gasteiger partial charge in [-0.3, -0.25) is 4.57 Å². The fourth-order valence-electron chi connectivity index (χ4n) is 4.34. The lowest BCUT2D eigenvalue weighted by molar-refractivity contribution is 0.0883.